The molecule has 1 heterocycles. The third-order valence-electron chi connectivity index (χ3n) is 4.42. The molecule has 0 saturated heterocycles. The summed E-state index contributed by atoms with van der Waals surface area (Å²) in [7, 11) is 1.28. The minimum absolute atomic E-state index is 0.0650. The van der Waals surface area contributed by atoms with E-state index in [0.29, 0.717) is 16.8 Å². The Morgan fingerprint density at radius 2 is 2.16 bits per heavy atom. The number of aromatic nitrogens is 2. The molecule has 7 nitrogen and oxygen atoms in total. The Kier molecular flexibility index (Phi) is 7.04. The molecular formula is C17H25N3O4S. The average Bonchev–Trinajstić information content (AvgIpc) is 2.56. The van der Waals surface area contributed by atoms with Gasteiger partial charge in [-0.3, -0.25) is 14.4 Å². The number of esters is 1. The average molecular weight is 367 g/mol. The summed E-state index contributed by atoms with van der Waals surface area (Å²) in [4.78, 5) is 42.3. The molecule has 1 amide bonds. The predicted octanol–water partition coefficient (Wildman–Crippen LogP) is 1.66. The van der Waals surface area contributed by atoms with E-state index in [1.54, 1.807) is 6.92 Å². The second-order valence-electron chi connectivity index (χ2n) is 6.43. The van der Waals surface area contributed by atoms with Crippen LogP contribution < -0.4 is 10.9 Å². The van der Waals surface area contributed by atoms with Gasteiger partial charge in [0, 0.05) is 12.1 Å². The van der Waals surface area contributed by atoms with E-state index in [0.717, 1.165) is 19.3 Å². The number of rotatable bonds is 6. The highest BCUT2D eigenvalue weighted by Crippen LogP contribution is 2.25. The van der Waals surface area contributed by atoms with E-state index in [-0.39, 0.29) is 23.9 Å². The molecule has 1 aliphatic carbocycles. The van der Waals surface area contributed by atoms with Crippen LogP contribution in [0.15, 0.2) is 16.0 Å². The number of hydrogen-bond donors (Lipinski definition) is 2. The van der Waals surface area contributed by atoms with Gasteiger partial charge >= 0.3 is 5.97 Å². The van der Waals surface area contributed by atoms with E-state index in [4.69, 9.17) is 0 Å². The van der Waals surface area contributed by atoms with Gasteiger partial charge in [-0.15, -0.1) is 0 Å². The summed E-state index contributed by atoms with van der Waals surface area (Å²) in [5.41, 5.74) is -0.0310. The van der Waals surface area contributed by atoms with E-state index in [1.807, 2.05) is 0 Å². The van der Waals surface area contributed by atoms with Crippen molar-refractivity contribution in [1.82, 2.24) is 15.3 Å². The maximum Gasteiger partial charge on any atom is 0.311 e. The van der Waals surface area contributed by atoms with Gasteiger partial charge in [0.1, 0.15) is 0 Å². The third kappa shape index (κ3) is 5.88. The van der Waals surface area contributed by atoms with Crippen LogP contribution in [0, 0.1) is 5.92 Å². The second kappa shape index (κ2) is 9.03. The van der Waals surface area contributed by atoms with E-state index < -0.39 is 11.2 Å². The molecule has 1 aliphatic rings. The van der Waals surface area contributed by atoms with Gasteiger partial charge in [0.25, 0.3) is 5.56 Å². The van der Waals surface area contributed by atoms with Crippen LogP contribution in [0.3, 0.4) is 0 Å². The fourth-order valence-corrected chi connectivity index (χ4v) is 3.74. The number of amides is 1. The number of H-pyrrole nitrogens is 1. The van der Waals surface area contributed by atoms with Crippen LogP contribution in [0.1, 0.15) is 45.2 Å². The first-order chi connectivity index (χ1) is 11.9. The molecule has 0 unspecified atom stereocenters. The zero-order valence-corrected chi connectivity index (χ0v) is 15.6. The second-order valence-corrected chi connectivity index (χ2v) is 7.76. The molecule has 2 rings (SSSR count). The first-order valence-electron chi connectivity index (χ1n) is 8.53. The van der Waals surface area contributed by atoms with Crippen LogP contribution in [0.2, 0.25) is 0 Å². The van der Waals surface area contributed by atoms with E-state index >= 15 is 0 Å². The van der Waals surface area contributed by atoms with E-state index in [2.05, 4.69) is 26.9 Å². The molecular weight excluding hydrogens is 342 g/mol. The smallest absolute Gasteiger partial charge is 0.311 e. The van der Waals surface area contributed by atoms with E-state index in [9.17, 15) is 14.4 Å². The summed E-state index contributed by atoms with van der Waals surface area (Å²) >= 11 is 1.17. The standard InChI is InChI=1S/C17H25N3O4S/c1-10-6-4-5-7-13(10)19-16(23)11(2)25-17-18-12(8-14(21)20-17)9-15(22)24-3/h8,10-11,13H,4-7,9H2,1-3H3,(H,19,23)(H,18,20,21)/t10-,11+,13-/m0/s1. The van der Waals surface area contributed by atoms with Crippen LogP contribution in [0.5, 0.6) is 0 Å². The lowest BCUT2D eigenvalue weighted by atomic mass is 9.86. The molecule has 1 aromatic heterocycles. The topological polar surface area (TPSA) is 101 Å². The minimum atomic E-state index is -0.467. The Morgan fingerprint density at radius 3 is 2.84 bits per heavy atom. The van der Waals surface area contributed by atoms with Crippen molar-refractivity contribution in [3.63, 3.8) is 0 Å². The van der Waals surface area contributed by atoms with Crippen LogP contribution in [-0.4, -0.2) is 40.2 Å². The quantitative estimate of drug-likeness (QED) is 0.450. The van der Waals surface area contributed by atoms with Gasteiger partial charge in [0.2, 0.25) is 5.91 Å². The molecule has 0 aliphatic heterocycles. The van der Waals surface area contributed by atoms with Crippen molar-refractivity contribution in [2.24, 2.45) is 5.92 Å². The molecule has 3 atom stereocenters. The van der Waals surface area contributed by atoms with Crippen molar-refractivity contribution in [3.8, 4) is 0 Å². The van der Waals surface area contributed by atoms with Crippen LogP contribution in [-0.2, 0) is 20.7 Å². The van der Waals surface area contributed by atoms with Crippen molar-refractivity contribution in [2.75, 3.05) is 7.11 Å². The largest absolute Gasteiger partial charge is 0.469 e. The zero-order valence-electron chi connectivity index (χ0n) is 14.8. The number of nitrogens with one attached hydrogen (secondary N) is 2. The number of carbonyl (C=O) groups is 2. The fourth-order valence-electron chi connectivity index (χ4n) is 2.90. The highest BCUT2D eigenvalue weighted by Gasteiger charge is 2.25. The SMILES string of the molecule is COC(=O)Cc1cc(=O)[nH]c(S[C@H](C)C(=O)N[C@H]2CCCC[C@@H]2C)n1. The first kappa shape index (κ1) is 19.5. The van der Waals surface area contributed by atoms with Gasteiger partial charge in [-0.05, 0) is 25.7 Å². The molecule has 0 spiro atoms. The Labute approximate surface area is 151 Å². The van der Waals surface area contributed by atoms with Crippen LogP contribution >= 0.6 is 11.8 Å². The Morgan fingerprint density at radius 1 is 1.44 bits per heavy atom. The number of methoxy groups -OCH3 is 1. The molecule has 8 heteroatoms. The first-order valence-corrected chi connectivity index (χ1v) is 9.41. The number of thioether (sulfide) groups is 1. The normalized spacial score (nSPS) is 21.4. The molecule has 138 valence electrons. The number of ether oxygens (including phenoxy) is 1. The number of carbonyl (C=O) groups excluding carboxylic acids is 2. The highest BCUT2D eigenvalue weighted by atomic mass is 32.2. The van der Waals surface area contributed by atoms with Gasteiger partial charge in [-0.25, -0.2) is 4.98 Å². The van der Waals surface area contributed by atoms with E-state index in [1.165, 1.54) is 31.4 Å². The molecule has 0 radical (unpaired) electrons. The summed E-state index contributed by atoms with van der Waals surface area (Å²) < 4.78 is 4.59. The third-order valence-corrected chi connectivity index (χ3v) is 5.41. The van der Waals surface area contributed by atoms with Gasteiger partial charge in [0.05, 0.1) is 24.5 Å². The van der Waals surface area contributed by atoms with Crippen molar-refractivity contribution in [3.05, 3.63) is 22.1 Å². The zero-order chi connectivity index (χ0) is 18.4. The van der Waals surface area contributed by atoms with Gasteiger partial charge in [-0.1, -0.05) is 31.5 Å². The summed E-state index contributed by atoms with van der Waals surface area (Å²) in [6, 6.07) is 1.47. The lowest BCUT2D eigenvalue weighted by molar-refractivity contribution is -0.139. The monoisotopic (exact) mass is 367 g/mol. The fraction of sp³-hybridized carbons (Fsp3) is 0.647. The summed E-state index contributed by atoms with van der Waals surface area (Å²) in [6.07, 6.45) is 4.43. The Hall–Kier alpha value is -1.83. The molecule has 1 aromatic rings. The summed E-state index contributed by atoms with van der Waals surface area (Å²) in [5, 5.41) is 3.03. The maximum absolute atomic E-state index is 12.4. The van der Waals surface area contributed by atoms with Crippen molar-refractivity contribution >= 4 is 23.6 Å². The van der Waals surface area contributed by atoms with Crippen molar-refractivity contribution in [2.45, 2.75) is 62.4 Å². The molecule has 2 N–H and O–H groups in total. The molecule has 1 fully saturated rings. The van der Waals surface area contributed by atoms with Gasteiger partial charge in [-0.2, -0.15) is 0 Å². The van der Waals surface area contributed by atoms with Crippen molar-refractivity contribution in [1.29, 1.82) is 0 Å². The van der Waals surface area contributed by atoms with Crippen LogP contribution in [0.4, 0.5) is 0 Å². The summed E-state index contributed by atoms with van der Waals surface area (Å²) in [5.74, 6) is -0.0490. The Bertz CT molecular complexity index is 676. The van der Waals surface area contributed by atoms with Crippen LogP contribution in [0.25, 0.3) is 0 Å². The minimum Gasteiger partial charge on any atom is -0.469 e. The lowest BCUT2D eigenvalue weighted by Crippen LogP contribution is -2.44. The molecule has 0 aromatic carbocycles. The molecule has 1 saturated carbocycles. The predicted molar refractivity (Wildman–Crippen MR) is 95.5 cm³/mol. The molecule has 0 bridgehead atoms. The Balaban J connectivity index is 1.99. The number of aromatic amines is 1. The number of nitrogens with zero attached hydrogens (tertiary/aromatic N) is 1. The number of hydrogen-bond acceptors (Lipinski definition) is 6. The maximum atomic E-state index is 12.4. The highest BCUT2D eigenvalue weighted by molar-refractivity contribution is 8.00. The van der Waals surface area contributed by atoms with Gasteiger partial charge < -0.3 is 15.0 Å². The van der Waals surface area contributed by atoms with Crippen molar-refractivity contribution < 1.29 is 14.3 Å². The lowest BCUT2D eigenvalue weighted by Gasteiger charge is -2.30. The molecule has 25 heavy (non-hydrogen) atoms. The van der Waals surface area contributed by atoms with Gasteiger partial charge in [0.15, 0.2) is 5.16 Å². The summed E-state index contributed by atoms with van der Waals surface area (Å²) in [6.45, 7) is 3.94.